The van der Waals surface area contributed by atoms with Crippen LogP contribution < -0.4 is 10.6 Å². The Kier molecular flexibility index (Phi) is 15.8. The van der Waals surface area contributed by atoms with Crippen LogP contribution in [0.1, 0.15) is 27.2 Å². The lowest BCUT2D eigenvalue weighted by Gasteiger charge is -2.49. The summed E-state index contributed by atoms with van der Waals surface area (Å²) in [6, 6.07) is -3.17. The SMILES string of the molecule is CC(=O)N[C@H]1[C@H]([C@H](O)[C@H](O)CO)O[C@@](OC[C@H]2O[C@@H](O[C@H]3[C@H](O[C@@H]4O[C@@H](C)[C@@H](O)[C@@H](O)[C@@H]4O)[C@@H](CO)OC(O)[C@H]3NC(C)=O)[C@H](O)[C@@H](O)[C@H]2O)(C(=O)O)C[C@@H]1O. The van der Waals surface area contributed by atoms with Crippen molar-refractivity contribution in [3.8, 4) is 0 Å². The van der Waals surface area contributed by atoms with Gasteiger partial charge in [-0.2, -0.15) is 0 Å². The summed E-state index contributed by atoms with van der Waals surface area (Å²) in [5.41, 5.74) is 0. The zero-order chi connectivity index (χ0) is 42.0. The first-order chi connectivity index (χ1) is 26.2. The monoisotopic (exact) mass is 820 g/mol. The molecule has 21 atom stereocenters. The summed E-state index contributed by atoms with van der Waals surface area (Å²) in [5.74, 6) is -6.36. The Bertz CT molecular complexity index is 1330. The van der Waals surface area contributed by atoms with Crippen molar-refractivity contribution in [1.82, 2.24) is 10.6 Å². The van der Waals surface area contributed by atoms with Gasteiger partial charge in [-0.15, -0.1) is 0 Å². The molecule has 0 aromatic heterocycles. The van der Waals surface area contributed by atoms with Gasteiger partial charge >= 0.3 is 5.97 Å². The van der Waals surface area contributed by atoms with Gasteiger partial charge in [0.15, 0.2) is 18.9 Å². The largest absolute Gasteiger partial charge is 0.477 e. The molecule has 2 amide bonds. The Morgan fingerprint density at radius 3 is 1.86 bits per heavy atom. The van der Waals surface area contributed by atoms with E-state index in [1.165, 1.54) is 6.92 Å². The average molecular weight is 821 g/mol. The minimum Gasteiger partial charge on any atom is -0.477 e. The van der Waals surface area contributed by atoms with Crippen molar-refractivity contribution in [2.45, 2.75) is 155 Å². The van der Waals surface area contributed by atoms with E-state index in [0.717, 1.165) is 13.8 Å². The first-order valence-electron chi connectivity index (χ1n) is 17.6. The molecule has 0 aliphatic carbocycles. The molecule has 324 valence electrons. The molecule has 0 aromatic rings. The lowest BCUT2D eigenvalue weighted by molar-refractivity contribution is -0.375. The maximum atomic E-state index is 12.6. The standard InChI is InChI=1S/C31H52N2O23/c1-8-17(40)20(43)22(45)28(51-8)54-24-13(6-35)52-27(47)16(33-10(3)37)26(24)55-29-23(46)21(44)19(42)14(53-29)7-50-31(30(48)49)4-11(38)15(32-9(2)36)25(56-31)18(41)12(39)5-34/h8,11-29,34-35,38-47H,4-7H2,1-3H3,(H,32,36)(H,33,37)(H,48,49)/t8-,11-,12+,13+,14+,15+,16-,17+,18+,19-,20+,21-,22-,23+,24+,25+,26+,27?,28-,29-,31+/m0/s1. The van der Waals surface area contributed by atoms with Crippen LogP contribution >= 0.6 is 0 Å². The summed E-state index contributed by atoms with van der Waals surface area (Å²) >= 11 is 0. The van der Waals surface area contributed by atoms with E-state index in [0.29, 0.717) is 0 Å². The quantitative estimate of drug-likeness (QED) is 0.0773. The van der Waals surface area contributed by atoms with Crippen LogP contribution in [0.5, 0.6) is 0 Å². The van der Waals surface area contributed by atoms with E-state index in [9.17, 15) is 80.8 Å². The second-order valence-corrected chi connectivity index (χ2v) is 14.1. The molecular formula is C31H52N2O23. The second-order valence-electron chi connectivity index (χ2n) is 14.1. The Morgan fingerprint density at radius 1 is 0.750 bits per heavy atom. The minimum atomic E-state index is -2.92. The molecule has 4 heterocycles. The molecule has 25 nitrogen and oxygen atoms in total. The predicted molar refractivity (Wildman–Crippen MR) is 173 cm³/mol. The molecule has 0 spiro atoms. The smallest absolute Gasteiger partial charge is 0.364 e. The number of aliphatic carboxylic acids is 1. The molecule has 0 radical (unpaired) electrons. The molecule has 1 unspecified atom stereocenters. The fourth-order valence-electron chi connectivity index (χ4n) is 6.88. The van der Waals surface area contributed by atoms with Gasteiger partial charge in [-0.3, -0.25) is 9.59 Å². The minimum absolute atomic E-state index is 0.751. The summed E-state index contributed by atoms with van der Waals surface area (Å²) in [4.78, 5) is 36.7. The topological polar surface area (TPSA) is 403 Å². The van der Waals surface area contributed by atoms with Gasteiger partial charge in [0.25, 0.3) is 5.79 Å². The van der Waals surface area contributed by atoms with Gasteiger partial charge in [-0.1, -0.05) is 0 Å². The Hall–Kier alpha value is -2.35. The maximum absolute atomic E-state index is 12.6. The Morgan fingerprint density at radius 2 is 1.30 bits per heavy atom. The van der Waals surface area contributed by atoms with Crippen molar-refractivity contribution in [2.75, 3.05) is 19.8 Å². The van der Waals surface area contributed by atoms with Crippen LogP contribution in [-0.4, -0.2) is 232 Å². The molecule has 4 saturated heterocycles. The average Bonchev–Trinajstić information content (AvgIpc) is 3.14. The number of carbonyl (C=O) groups excluding carboxylic acids is 2. The van der Waals surface area contributed by atoms with Gasteiger partial charge < -0.3 is 110 Å². The van der Waals surface area contributed by atoms with Crippen molar-refractivity contribution in [3.63, 3.8) is 0 Å². The molecule has 0 bridgehead atoms. The second kappa shape index (κ2) is 19.1. The highest BCUT2D eigenvalue weighted by molar-refractivity contribution is 5.76. The van der Waals surface area contributed by atoms with E-state index < -0.39 is 172 Å². The van der Waals surface area contributed by atoms with Crippen molar-refractivity contribution in [3.05, 3.63) is 0 Å². The molecule has 0 aromatic carbocycles. The number of aliphatic hydroxyl groups excluding tert-OH is 12. The van der Waals surface area contributed by atoms with Gasteiger partial charge in [0.05, 0.1) is 38.1 Å². The number of ether oxygens (including phenoxy) is 7. The molecule has 0 saturated carbocycles. The highest BCUT2D eigenvalue weighted by Gasteiger charge is 2.58. The van der Waals surface area contributed by atoms with Crippen molar-refractivity contribution < 1.29 is 114 Å². The van der Waals surface area contributed by atoms with Crippen LogP contribution in [0, 0.1) is 0 Å². The van der Waals surface area contributed by atoms with Crippen LogP contribution in [0.25, 0.3) is 0 Å². The number of hydrogen-bond donors (Lipinski definition) is 15. The number of carboxylic acid groups (broad SMARTS) is 1. The van der Waals surface area contributed by atoms with Gasteiger partial charge in [0, 0.05) is 20.3 Å². The molecule has 56 heavy (non-hydrogen) atoms. The third-order valence-electron chi connectivity index (χ3n) is 9.94. The van der Waals surface area contributed by atoms with E-state index in [-0.39, 0.29) is 0 Å². The summed E-state index contributed by atoms with van der Waals surface area (Å²) in [7, 11) is 0. The number of hydrogen-bond acceptors (Lipinski definition) is 22. The zero-order valence-corrected chi connectivity index (χ0v) is 30.3. The summed E-state index contributed by atoms with van der Waals surface area (Å²) in [6.07, 6.45) is -34.2. The van der Waals surface area contributed by atoms with E-state index in [1.807, 2.05) is 0 Å². The number of rotatable bonds is 14. The lowest BCUT2D eigenvalue weighted by Crippen LogP contribution is -2.70. The highest BCUT2D eigenvalue weighted by Crippen LogP contribution is 2.36. The van der Waals surface area contributed by atoms with Crippen molar-refractivity contribution in [1.29, 1.82) is 0 Å². The molecule has 4 aliphatic rings. The van der Waals surface area contributed by atoms with Gasteiger partial charge in [-0.25, -0.2) is 4.79 Å². The van der Waals surface area contributed by atoms with Crippen LogP contribution in [0.3, 0.4) is 0 Å². The highest BCUT2D eigenvalue weighted by atomic mass is 16.8. The maximum Gasteiger partial charge on any atom is 0.364 e. The van der Waals surface area contributed by atoms with Crippen LogP contribution in [0.4, 0.5) is 0 Å². The van der Waals surface area contributed by atoms with Crippen LogP contribution in [0.2, 0.25) is 0 Å². The number of carboxylic acids is 1. The Labute approximate surface area is 317 Å². The van der Waals surface area contributed by atoms with Gasteiger partial charge in [0.2, 0.25) is 11.8 Å². The molecule has 4 aliphatic heterocycles. The molecule has 25 heteroatoms. The molecular weight excluding hydrogens is 768 g/mol. The predicted octanol–water partition coefficient (Wildman–Crippen LogP) is -9.23. The fraction of sp³-hybridized carbons (Fsp3) is 0.903. The number of carbonyl (C=O) groups is 3. The van der Waals surface area contributed by atoms with E-state index in [2.05, 4.69) is 10.6 Å². The first kappa shape index (κ1) is 46.3. The summed E-state index contributed by atoms with van der Waals surface area (Å²) in [5, 5.41) is 141. The number of nitrogens with one attached hydrogen (secondary N) is 2. The van der Waals surface area contributed by atoms with E-state index in [1.54, 1.807) is 0 Å². The third kappa shape index (κ3) is 9.91. The van der Waals surface area contributed by atoms with E-state index >= 15 is 0 Å². The summed E-state index contributed by atoms with van der Waals surface area (Å²) in [6.45, 7) is 0.400. The molecule has 4 fully saturated rings. The third-order valence-corrected chi connectivity index (χ3v) is 9.94. The van der Waals surface area contributed by atoms with Crippen molar-refractivity contribution in [2.24, 2.45) is 0 Å². The van der Waals surface area contributed by atoms with Crippen LogP contribution in [-0.2, 0) is 47.5 Å². The molecule has 15 N–H and O–H groups in total. The normalized spacial score (nSPS) is 45.7. The lowest BCUT2D eigenvalue weighted by atomic mass is 9.88. The first-order valence-corrected chi connectivity index (χ1v) is 17.6. The van der Waals surface area contributed by atoms with Gasteiger partial charge in [0.1, 0.15) is 85.4 Å². The van der Waals surface area contributed by atoms with Crippen molar-refractivity contribution >= 4 is 17.8 Å². The van der Waals surface area contributed by atoms with Crippen LogP contribution in [0.15, 0.2) is 0 Å². The number of amides is 2. The van der Waals surface area contributed by atoms with Gasteiger partial charge in [-0.05, 0) is 6.92 Å². The Balaban J connectivity index is 1.62. The molecule has 4 rings (SSSR count). The van der Waals surface area contributed by atoms with E-state index in [4.69, 9.17) is 33.2 Å². The number of aliphatic hydroxyl groups is 12. The summed E-state index contributed by atoms with van der Waals surface area (Å²) < 4.78 is 39.4. The fourth-order valence-corrected chi connectivity index (χ4v) is 6.88. The zero-order valence-electron chi connectivity index (χ0n) is 30.3.